The van der Waals surface area contributed by atoms with E-state index in [1.165, 1.54) is 37.8 Å². The molecular weight excluding hydrogens is 272 g/mol. The van der Waals surface area contributed by atoms with Crippen LogP contribution in [0.3, 0.4) is 0 Å². The molecule has 0 spiro atoms. The summed E-state index contributed by atoms with van der Waals surface area (Å²) < 4.78 is 2.23. The summed E-state index contributed by atoms with van der Waals surface area (Å²) in [4.78, 5) is 12.8. The minimum atomic E-state index is 0.158. The van der Waals surface area contributed by atoms with E-state index >= 15 is 0 Å². The summed E-state index contributed by atoms with van der Waals surface area (Å²) in [5.74, 6) is 3.57. The van der Waals surface area contributed by atoms with Gasteiger partial charge in [-0.3, -0.25) is 4.79 Å². The van der Waals surface area contributed by atoms with Gasteiger partial charge in [0.15, 0.2) is 0 Å². The molecule has 120 valence electrons. The number of nitrogens with one attached hydrogen (secondary N) is 1. The number of rotatable bonds is 3. The molecule has 0 radical (unpaired) electrons. The topological polar surface area (TPSA) is 34.0 Å². The summed E-state index contributed by atoms with van der Waals surface area (Å²) in [6, 6.07) is 2.49. The third kappa shape index (κ3) is 2.12. The molecule has 0 aromatic carbocycles. The standard InChI is InChI=1S/C19H28N2O/c1-4-21-11(2)5-17(12(21)3)19(22)20-18-15-7-13-6-14(9-15)10-16(18)8-13/h5,13-16,18H,4,6-10H2,1-3H3,(H,20,22). The fourth-order valence-corrected chi connectivity index (χ4v) is 5.91. The zero-order valence-corrected chi connectivity index (χ0v) is 14.1. The van der Waals surface area contributed by atoms with Crippen LogP contribution in [0.5, 0.6) is 0 Å². The van der Waals surface area contributed by atoms with Crippen molar-refractivity contribution in [3.63, 3.8) is 0 Å². The third-order valence-corrected chi connectivity index (χ3v) is 6.66. The van der Waals surface area contributed by atoms with Crippen LogP contribution < -0.4 is 5.32 Å². The maximum absolute atomic E-state index is 12.8. The minimum absolute atomic E-state index is 0.158. The molecule has 4 fully saturated rings. The van der Waals surface area contributed by atoms with Crippen molar-refractivity contribution in [2.24, 2.45) is 23.7 Å². The summed E-state index contributed by atoms with van der Waals surface area (Å²) in [6.07, 6.45) is 6.88. The largest absolute Gasteiger partial charge is 0.349 e. The average Bonchev–Trinajstić information content (AvgIpc) is 2.76. The maximum Gasteiger partial charge on any atom is 0.253 e. The lowest BCUT2D eigenvalue weighted by Gasteiger charge is -2.54. The fourth-order valence-electron chi connectivity index (χ4n) is 5.91. The van der Waals surface area contributed by atoms with E-state index in [1.54, 1.807) is 0 Å². The number of carbonyl (C=O) groups is 1. The SMILES string of the molecule is CCn1c(C)cc(C(=O)NC2C3CC4CC(C3)CC2C4)c1C. The van der Waals surface area contributed by atoms with Gasteiger partial charge in [-0.1, -0.05) is 0 Å². The van der Waals surface area contributed by atoms with Gasteiger partial charge >= 0.3 is 0 Å². The molecule has 22 heavy (non-hydrogen) atoms. The first-order valence-electron chi connectivity index (χ1n) is 9.04. The molecule has 0 saturated heterocycles. The molecule has 1 aromatic rings. The molecule has 3 heteroatoms. The molecule has 3 nitrogen and oxygen atoms in total. The van der Waals surface area contributed by atoms with E-state index in [9.17, 15) is 4.79 Å². The van der Waals surface area contributed by atoms with Crippen LogP contribution >= 0.6 is 0 Å². The zero-order chi connectivity index (χ0) is 15.4. The van der Waals surface area contributed by atoms with Gasteiger partial charge in [-0.15, -0.1) is 0 Å². The van der Waals surface area contributed by atoms with Crippen molar-refractivity contribution < 1.29 is 4.79 Å². The van der Waals surface area contributed by atoms with Gasteiger partial charge in [-0.25, -0.2) is 0 Å². The van der Waals surface area contributed by atoms with Crippen molar-refractivity contribution in [2.45, 2.75) is 65.5 Å². The van der Waals surface area contributed by atoms with Gasteiger partial charge in [-0.2, -0.15) is 0 Å². The van der Waals surface area contributed by atoms with Gasteiger partial charge < -0.3 is 9.88 Å². The Morgan fingerprint density at radius 3 is 2.23 bits per heavy atom. The van der Waals surface area contributed by atoms with Crippen LogP contribution in [0.15, 0.2) is 6.07 Å². The van der Waals surface area contributed by atoms with Crippen molar-refractivity contribution in [1.29, 1.82) is 0 Å². The van der Waals surface area contributed by atoms with E-state index in [4.69, 9.17) is 0 Å². The number of amides is 1. The van der Waals surface area contributed by atoms with Crippen LogP contribution in [0.4, 0.5) is 0 Å². The van der Waals surface area contributed by atoms with Crippen molar-refractivity contribution >= 4 is 5.91 Å². The number of hydrogen-bond donors (Lipinski definition) is 1. The Bertz CT molecular complexity index is 573. The van der Waals surface area contributed by atoms with E-state index in [0.29, 0.717) is 6.04 Å². The predicted molar refractivity (Wildman–Crippen MR) is 87.9 cm³/mol. The zero-order valence-electron chi connectivity index (χ0n) is 14.1. The Balaban J connectivity index is 1.53. The Kier molecular flexibility index (Phi) is 3.35. The van der Waals surface area contributed by atoms with E-state index in [2.05, 4.69) is 36.7 Å². The van der Waals surface area contributed by atoms with Crippen molar-refractivity contribution in [3.05, 3.63) is 23.0 Å². The van der Waals surface area contributed by atoms with Gasteiger partial charge in [0, 0.05) is 24.0 Å². The first kappa shape index (κ1) is 14.3. The maximum atomic E-state index is 12.8. The van der Waals surface area contributed by atoms with Crippen LogP contribution in [0, 0.1) is 37.5 Å². The molecular formula is C19H28N2O. The van der Waals surface area contributed by atoms with Crippen LogP contribution in [-0.4, -0.2) is 16.5 Å². The molecule has 1 aromatic heterocycles. The first-order valence-corrected chi connectivity index (χ1v) is 9.04. The third-order valence-electron chi connectivity index (χ3n) is 6.66. The Morgan fingerprint density at radius 1 is 1.14 bits per heavy atom. The monoisotopic (exact) mass is 300 g/mol. The second kappa shape index (κ2) is 5.14. The Morgan fingerprint density at radius 2 is 1.73 bits per heavy atom. The molecule has 4 saturated carbocycles. The predicted octanol–water partition coefficient (Wildman–Crippen LogP) is 3.68. The molecule has 4 aliphatic rings. The molecule has 0 aliphatic heterocycles. The van der Waals surface area contributed by atoms with Gasteiger partial charge in [-0.05, 0) is 82.6 Å². The lowest BCUT2D eigenvalue weighted by atomic mass is 9.54. The van der Waals surface area contributed by atoms with Crippen LogP contribution in [0.25, 0.3) is 0 Å². The van der Waals surface area contributed by atoms with Gasteiger partial charge in [0.1, 0.15) is 0 Å². The number of carbonyl (C=O) groups excluding carboxylic acids is 1. The minimum Gasteiger partial charge on any atom is -0.349 e. The molecule has 1 heterocycles. The van der Waals surface area contributed by atoms with Gasteiger partial charge in [0.2, 0.25) is 0 Å². The van der Waals surface area contributed by atoms with Gasteiger partial charge in [0.05, 0.1) is 5.56 Å². The fraction of sp³-hybridized carbons (Fsp3) is 0.737. The molecule has 0 atom stereocenters. The number of aromatic nitrogens is 1. The quantitative estimate of drug-likeness (QED) is 0.908. The summed E-state index contributed by atoms with van der Waals surface area (Å²) in [6.45, 7) is 7.24. The summed E-state index contributed by atoms with van der Waals surface area (Å²) >= 11 is 0. The van der Waals surface area contributed by atoms with E-state index in [0.717, 1.165) is 41.5 Å². The molecule has 4 aliphatic carbocycles. The Hall–Kier alpha value is -1.25. The Labute approximate surface area is 133 Å². The van der Waals surface area contributed by atoms with E-state index in [1.807, 2.05) is 0 Å². The lowest BCUT2D eigenvalue weighted by Crippen LogP contribution is -2.55. The molecule has 1 amide bonds. The number of nitrogens with zero attached hydrogens (tertiary/aromatic N) is 1. The van der Waals surface area contributed by atoms with E-state index in [-0.39, 0.29) is 5.91 Å². The number of hydrogen-bond acceptors (Lipinski definition) is 1. The highest BCUT2D eigenvalue weighted by molar-refractivity contribution is 5.96. The molecule has 0 unspecified atom stereocenters. The van der Waals surface area contributed by atoms with Crippen LogP contribution in [0.1, 0.15) is 60.8 Å². The first-order chi connectivity index (χ1) is 10.6. The van der Waals surface area contributed by atoms with Crippen LogP contribution in [-0.2, 0) is 6.54 Å². The van der Waals surface area contributed by atoms with Crippen molar-refractivity contribution in [2.75, 3.05) is 0 Å². The average molecular weight is 300 g/mol. The highest BCUT2D eigenvalue weighted by Crippen LogP contribution is 2.53. The summed E-state index contributed by atoms with van der Waals surface area (Å²) in [5.41, 5.74) is 3.18. The normalized spacial score (nSPS) is 35.9. The molecule has 1 N–H and O–H groups in total. The van der Waals surface area contributed by atoms with Crippen molar-refractivity contribution in [1.82, 2.24) is 9.88 Å². The summed E-state index contributed by atoms with van der Waals surface area (Å²) in [5, 5.41) is 3.43. The smallest absolute Gasteiger partial charge is 0.253 e. The second-order valence-corrected chi connectivity index (χ2v) is 7.96. The summed E-state index contributed by atoms with van der Waals surface area (Å²) in [7, 11) is 0. The van der Waals surface area contributed by atoms with Crippen molar-refractivity contribution in [3.8, 4) is 0 Å². The van der Waals surface area contributed by atoms with Gasteiger partial charge in [0.25, 0.3) is 5.91 Å². The molecule has 5 rings (SSSR count). The lowest BCUT2D eigenvalue weighted by molar-refractivity contribution is -0.0119. The van der Waals surface area contributed by atoms with Crippen LogP contribution in [0.2, 0.25) is 0 Å². The highest BCUT2D eigenvalue weighted by Gasteiger charge is 2.48. The molecule has 4 bridgehead atoms. The highest BCUT2D eigenvalue weighted by atomic mass is 16.1. The number of aryl methyl sites for hydroxylation is 1. The second-order valence-electron chi connectivity index (χ2n) is 7.96. The van der Waals surface area contributed by atoms with E-state index < -0.39 is 0 Å².